The van der Waals surface area contributed by atoms with Crippen molar-refractivity contribution in [3.05, 3.63) is 42.2 Å². The first-order valence-electron chi connectivity index (χ1n) is 6.59. The van der Waals surface area contributed by atoms with Crippen molar-refractivity contribution in [2.24, 2.45) is 0 Å². The van der Waals surface area contributed by atoms with E-state index in [1.807, 2.05) is 30.3 Å². The summed E-state index contributed by atoms with van der Waals surface area (Å²) in [4.78, 5) is 4.35. The van der Waals surface area contributed by atoms with E-state index in [1.165, 1.54) is 0 Å². The molecule has 0 aliphatic rings. The lowest BCUT2D eigenvalue weighted by Crippen LogP contribution is -2.19. The Morgan fingerprint density at radius 1 is 1.20 bits per heavy atom. The second-order valence-electron chi connectivity index (χ2n) is 4.77. The van der Waals surface area contributed by atoms with Crippen LogP contribution in [0.5, 0.6) is 0 Å². The number of halogens is 3. The van der Waals surface area contributed by atoms with Crippen molar-refractivity contribution in [2.45, 2.75) is 31.5 Å². The van der Waals surface area contributed by atoms with Crippen LogP contribution in [-0.4, -0.2) is 18.2 Å². The van der Waals surface area contributed by atoms with Gasteiger partial charge in [0.1, 0.15) is 0 Å². The molecule has 0 saturated heterocycles. The number of nitrogens with zero attached hydrogens (tertiary/aromatic N) is 1. The van der Waals surface area contributed by atoms with E-state index in [0.717, 1.165) is 16.5 Å². The maximum atomic E-state index is 12.2. The second-order valence-corrected chi connectivity index (χ2v) is 4.77. The summed E-state index contributed by atoms with van der Waals surface area (Å²) in [7, 11) is 1.75. The van der Waals surface area contributed by atoms with Crippen LogP contribution in [0.25, 0.3) is 10.8 Å². The van der Waals surface area contributed by atoms with E-state index in [-0.39, 0.29) is 12.5 Å². The standard InChI is InChI=1S/C15H17F3N2/c1-19-13(7-4-9-15(16,17)18)14-12-6-3-2-5-11(12)8-10-20-14/h2-3,5-6,8,10,13,19H,4,7,9H2,1H3. The van der Waals surface area contributed by atoms with Crippen LogP contribution in [-0.2, 0) is 0 Å². The zero-order valence-corrected chi connectivity index (χ0v) is 11.2. The van der Waals surface area contributed by atoms with E-state index in [0.29, 0.717) is 6.42 Å². The van der Waals surface area contributed by atoms with Gasteiger partial charge in [0.25, 0.3) is 0 Å². The summed E-state index contributed by atoms with van der Waals surface area (Å²) in [5.41, 5.74) is 0.813. The van der Waals surface area contributed by atoms with Gasteiger partial charge < -0.3 is 5.32 Å². The Balaban J connectivity index is 2.17. The maximum Gasteiger partial charge on any atom is 0.389 e. The van der Waals surface area contributed by atoms with Crippen LogP contribution in [0.3, 0.4) is 0 Å². The highest BCUT2D eigenvalue weighted by Gasteiger charge is 2.27. The van der Waals surface area contributed by atoms with Gasteiger partial charge in [-0.3, -0.25) is 4.98 Å². The largest absolute Gasteiger partial charge is 0.389 e. The van der Waals surface area contributed by atoms with Gasteiger partial charge in [-0.1, -0.05) is 24.3 Å². The Morgan fingerprint density at radius 2 is 1.95 bits per heavy atom. The summed E-state index contributed by atoms with van der Waals surface area (Å²) in [5, 5.41) is 5.10. The highest BCUT2D eigenvalue weighted by Crippen LogP contribution is 2.28. The molecule has 0 radical (unpaired) electrons. The first-order chi connectivity index (χ1) is 9.51. The van der Waals surface area contributed by atoms with E-state index in [9.17, 15) is 13.2 Å². The number of nitrogens with one attached hydrogen (secondary N) is 1. The number of pyridine rings is 1. The van der Waals surface area contributed by atoms with E-state index < -0.39 is 12.6 Å². The molecule has 1 aromatic carbocycles. The van der Waals surface area contributed by atoms with Gasteiger partial charge in [0.2, 0.25) is 0 Å². The third-order valence-corrected chi connectivity index (χ3v) is 3.34. The van der Waals surface area contributed by atoms with Crippen LogP contribution in [0, 0.1) is 0 Å². The summed E-state index contributed by atoms with van der Waals surface area (Å²) < 4.78 is 36.7. The Kier molecular flexibility index (Phi) is 4.60. The third-order valence-electron chi connectivity index (χ3n) is 3.34. The van der Waals surface area contributed by atoms with E-state index in [1.54, 1.807) is 13.2 Å². The molecular formula is C15H17F3N2. The van der Waals surface area contributed by atoms with Gasteiger partial charge >= 0.3 is 6.18 Å². The normalized spacial score (nSPS) is 13.6. The molecule has 0 amide bonds. The minimum absolute atomic E-state index is 0.0971. The zero-order chi connectivity index (χ0) is 14.6. The number of rotatable bonds is 5. The number of benzene rings is 1. The predicted molar refractivity (Wildman–Crippen MR) is 73.4 cm³/mol. The molecule has 2 nitrogen and oxygen atoms in total. The Labute approximate surface area is 116 Å². The Morgan fingerprint density at radius 3 is 2.65 bits per heavy atom. The SMILES string of the molecule is CNC(CCCC(F)(F)F)c1nccc2ccccc12. The lowest BCUT2D eigenvalue weighted by Gasteiger charge is -2.18. The summed E-state index contributed by atoms with van der Waals surface area (Å²) >= 11 is 0. The number of fused-ring (bicyclic) bond motifs is 1. The third kappa shape index (κ3) is 3.70. The molecule has 1 N–H and O–H groups in total. The zero-order valence-electron chi connectivity index (χ0n) is 11.2. The second kappa shape index (κ2) is 6.22. The molecule has 0 bridgehead atoms. The fourth-order valence-electron chi connectivity index (χ4n) is 2.35. The van der Waals surface area contributed by atoms with E-state index in [4.69, 9.17) is 0 Å². The molecule has 0 aliphatic carbocycles. The lowest BCUT2D eigenvalue weighted by atomic mass is 10.0. The van der Waals surface area contributed by atoms with Crippen LogP contribution >= 0.6 is 0 Å². The van der Waals surface area contributed by atoms with E-state index >= 15 is 0 Å². The summed E-state index contributed by atoms with van der Waals surface area (Å²) in [6, 6.07) is 9.51. The average molecular weight is 282 g/mol. The topological polar surface area (TPSA) is 24.9 Å². The van der Waals surface area contributed by atoms with Crippen molar-refractivity contribution < 1.29 is 13.2 Å². The molecule has 20 heavy (non-hydrogen) atoms. The molecule has 1 heterocycles. The summed E-state index contributed by atoms with van der Waals surface area (Å²) in [6.07, 6.45) is -2.64. The van der Waals surface area contributed by atoms with Gasteiger partial charge in [-0.15, -0.1) is 0 Å². The van der Waals surface area contributed by atoms with Crippen LogP contribution in [0.15, 0.2) is 36.5 Å². The predicted octanol–water partition coefficient (Wildman–Crippen LogP) is 4.23. The molecule has 1 unspecified atom stereocenters. The van der Waals surface area contributed by atoms with Gasteiger partial charge in [0.05, 0.1) is 5.69 Å². The van der Waals surface area contributed by atoms with Crippen molar-refractivity contribution in [3.63, 3.8) is 0 Å². The number of hydrogen-bond acceptors (Lipinski definition) is 2. The molecule has 5 heteroatoms. The quantitative estimate of drug-likeness (QED) is 0.887. The van der Waals surface area contributed by atoms with Crippen molar-refractivity contribution in [1.82, 2.24) is 10.3 Å². The molecule has 108 valence electrons. The lowest BCUT2D eigenvalue weighted by molar-refractivity contribution is -0.135. The Bertz CT molecular complexity index is 561. The van der Waals surface area contributed by atoms with Gasteiger partial charge in [0, 0.05) is 24.0 Å². The van der Waals surface area contributed by atoms with Crippen LogP contribution in [0.1, 0.15) is 31.0 Å². The molecule has 0 spiro atoms. The smallest absolute Gasteiger partial charge is 0.312 e. The van der Waals surface area contributed by atoms with Crippen LogP contribution < -0.4 is 5.32 Å². The fourth-order valence-corrected chi connectivity index (χ4v) is 2.35. The summed E-state index contributed by atoms with van der Waals surface area (Å²) in [5.74, 6) is 0. The van der Waals surface area contributed by atoms with Crippen molar-refractivity contribution in [3.8, 4) is 0 Å². The molecule has 1 aromatic heterocycles. The summed E-state index contributed by atoms with van der Waals surface area (Å²) in [6.45, 7) is 0. The van der Waals surface area contributed by atoms with Gasteiger partial charge in [0.15, 0.2) is 0 Å². The minimum atomic E-state index is -4.09. The highest BCUT2D eigenvalue weighted by molar-refractivity contribution is 5.84. The monoisotopic (exact) mass is 282 g/mol. The molecule has 2 rings (SSSR count). The molecule has 0 aliphatic heterocycles. The fraction of sp³-hybridized carbons (Fsp3) is 0.400. The number of alkyl halides is 3. The molecule has 2 aromatic rings. The minimum Gasteiger partial charge on any atom is -0.312 e. The first kappa shape index (κ1) is 14.8. The Hall–Kier alpha value is -1.62. The van der Waals surface area contributed by atoms with Gasteiger partial charge in [-0.2, -0.15) is 13.2 Å². The number of aromatic nitrogens is 1. The molecule has 0 saturated carbocycles. The van der Waals surface area contributed by atoms with Gasteiger partial charge in [-0.05, 0) is 31.3 Å². The van der Waals surface area contributed by atoms with E-state index in [2.05, 4.69) is 10.3 Å². The van der Waals surface area contributed by atoms with Crippen molar-refractivity contribution >= 4 is 10.8 Å². The van der Waals surface area contributed by atoms with Gasteiger partial charge in [-0.25, -0.2) is 0 Å². The first-order valence-corrected chi connectivity index (χ1v) is 6.59. The average Bonchev–Trinajstić information content (AvgIpc) is 2.42. The van der Waals surface area contributed by atoms with Crippen molar-refractivity contribution in [1.29, 1.82) is 0 Å². The van der Waals surface area contributed by atoms with Crippen molar-refractivity contribution in [2.75, 3.05) is 7.05 Å². The maximum absolute atomic E-state index is 12.2. The number of hydrogen-bond donors (Lipinski definition) is 1. The van der Waals surface area contributed by atoms with Crippen LogP contribution in [0.4, 0.5) is 13.2 Å². The highest BCUT2D eigenvalue weighted by atomic mass is 19.4. The molecular weight excluding hydrogens is 265 g/mol. The van der Waals surface area contributed by atoms with Crippen LogP contribution in [0.2, 0.25) is 0 Å². The molecule has 1 atom stereocenters. The molecule has 0 fully saturated rings.